The number of methoxy groups -OCH3 is 2. The molecule has 0 saturated carbocycles. The van der Waals surface area contributed by atoms with Gasteiger partial charge in [-0.1, -0.05) is 25.1 Å². The number of nitrogens with zero attached hydrogens (tertiary/aromatic N) is 2. The highest BCUT2D eigenvalue weighted by molar-refractivity contribution is 6.06. The molecule has 194 valence electrons. The van der Waals surface area contributed by atoms with Crippen molar-refractivity contribution in [2.24, 2.45) is 16.8 Å². The van der Waals surface area contributed by atoms with E-state index in [9.17, 15) is 31.5 Å². The van der Waals surface area contributed by atoms with Crippen molar-refractivity contribution in [3.05, 3.63) is 59.2 Å². The molecule has 0 aliphatic carbocycles. The molecule has 2 N–H and O–H groups in total. The largest absolute Gasteiger partial charge is 0.493 e. The first-order chi connectivity index (χ1) is 16.8. The number of hydrogen-bond donors (Lipinski definition) is 1. The molecule has 1 amide bonds. The molecule has 0 aromatic heterocycles. The summed E-state index contributed by atoms with van der Waals surface area (Å²) in [5.74, 6) is -7.84. The summed E-state index contributed by atoms with van der Waals surface area (Å²) in [4.78, 5) is 24.8. The molecule has 0 radical (unpaired) electrons. The fourth-order valence-corrected chi connectivity index (χ4v) is 3.81. The van der Waals surface area contributed by atoms with Crippen LogP contribution in [0.1, 0.15) is 47.4 Å². The number of hydrogen-bond acceptors (Lipinski definition) is 6. The van der Waals surface area contributed by atoms with Crippen LogP contribution in [0.3, 0.4) is 0 Å². The molecule has 2 atom stereocenters. The van der Waals surface area contributed by atoms with Crippen molar-refractivity contribution in [2.75, 3.05) is 14.2 Å². The smallest absolute Gasteiger partial charge is 0.461 e. The second-order valence-corrected chi connectivity index (χ2v) is 8.07. The Morgan fingerprint density at radius 3 is 2.36 bits per heavy atom. The highest BCUT2D eigenvalue weighted by Gasteiger charge is 2.63. The van der Waals surface area contributed by atoms with Crippen molar-refractivity contribution in [3.8, 4) is 11.5 Å². The van der Waals surface area contributed by atoms with Crippen LogP contribution in [0.15, 0.2) is 47.6 Å². The number of carbonyl (C=O) groups is 2. The number of hydrazone groups is 1. The zero-order chi connectivity index (χ0) is 26.8. The number of halogens is 5. The van der Waals surface area contributed by atoms with Gasteiger partial charge in [-0.2, -0.15) is 27.1 Å². The molecular weight excluding hydrogens is 489 g/mol. The Morgan fingerprint density at radius 2 is 1.78 bits per heavy atom. The van der Waals surface area contributed by atoms with E-state index in [4.69, 9.17) is 15.2 Å². The lowest BCUT2D eigenvalue weighted by Crippen LogP contribution is -2.44. The summed E-state index contributed by atoms with van der Waals surface area (Å²) in [6.45, 7) is 1.87. The van der Waals surface area contributed by atoms with E-state index >= 15 is 0 Å². The van der Waals surface area contributed by atoms with Crippen molar-refractivity contribution in [1.29, 1.82) is 0 Å². The maximum Gasteiger partial charge on any atom is 0.461 e. The standard InChI is InChI=1S/C24H24F5N3O4/c1-4-13-12-19(33)32(31-20(13)14-8-9-17(35-2)18(11-14)36-3)22(30)16-7-5-6-15(10-16)21(34)23(25,26)24(27,28)29/h5-11,13,22H,4,12,30H2,1-3H3. The van der Waals surface area contributed by atoms with Gasteiger partial charge >= 0.3 is 12.1 Å². The number of carbonyl (C=O) groups excluding carboxylic acids is 2. The van der Waals surface area contributed by atoms with Crippen LogP contribution in [0.4, 0.5) is 22.0 Å². The Morgan fingerprint density at radius 1 is 1.11 bits per heavy atom. The number of ketones is 1. The van der Waals surface area contributed by atoms with Crippen molar-refractivity contribution in [1.82, 2.24) is 5.01 Å². The maximum absolute atomic E-state index is 13.6. The van der Waals surface area contributed by atoms with E-state index in [-0.39, 0.29) is 17.9 Å². The van der Waals surface area contributed by atoms with Crippen LogP contribution in [0.2, 0.25) is 0 Å². The fraction of sp³-hybridized carbons (Fsp3) is 0.375. The zero-order valence-corrected chi connectivity index (χ0v) is 19.6. The van der Waals surface area contributed by atoms with E-state index in [2.05, 4.69) is 5.10 Å². The summed E-state index contributed by atoms with van der Waals surface area (Å²) in [6.07, 6.45) is -6.81. The molecule has 1 aliphatic rings. The number of Topliss-reactive ketones (excluding diaryl/α,β-unsaturated/α-hetero) is 1. The third kappa shape index (κ3) is 5.03. The number of ether oxygens (including phenoxy) is 2. The van der Waals surface area contributed by atoms with Crippen LogP contribution in [-0.2, 0) is 4.79 Å². The highest BCUT2D eigenvalue weighted by atomic mass is 19.4. The summed E-state index contributed by atoms with van der Waals surface area (Å²) >= 11 is 0. The van der Waals surface area contributed by atoms with Gasteiger partial charge in [-0.25, -0.2) is 5.01 Å². The molecule has 36 heavy (non-hydrogen) atoms. The SMILES string of the molecule is CCC1CC(=O)N(C(N)c2cccc(C(=O)C(F)(F)C(F)(F)F)c2)N=C1c1ccc(OC)c(OC)c1. The van der Waals surface area contributed by atoms with Crippen LogP contribution in [0.25, 0.3) is 0 Å². The van der Waals surface area contributed by atoms with Crippen molar-refractivity contribution in [3.63, 3.8) is 0 Å². The van der Waals surface area contributed by atoms with Crippen molar-refractivity contribution in [2.45, 2.75) is 38.0 Å². The summed E-state index contributed by atoms with van der Waals surface area (Å²) < 4.78 is 75.7. The lowest BCUT2D eigenvalue weighted by Gasteiger charge is -2.33. The van der Waals surface area contributed by atoms with Crippen LogP contribution in [-0.4, -0.2) is 48.7 Å². The van der Waals surface area contributed by atoms with Gasteiger partial charge in [0, 0.05) is 23.5 Å². The summed E-state index contributed by atoms with van der Waals surface area (Å²) in [5, 5.41) is 5.36. The summed E-state index contributed by atoms with van der Waals surface area (Å²) in [7, 11) is 2.94. The predicted octanol–water partition coefficient (Wildman–Crippen LogP) is 4.70. The Hall–Kier alpha value is -3.54. The van der Waals surface area contributed by atoms with Crippen molar-refractivity contribution < 1.29 is 41.0 Å². The summed E-state index contributed by atoms with van der Waals surface area (Å²) in [6, 6.07) is 9.10. The third-order valence-electron chi connectivity index (χ3n) is 5.85. The van der Waals surface area contributed by atoms with Gasteiger partial charge in [0.25, 0.3) is 0 Å². The second kappa shape index (κ2) is 10.2. The molecule has 0 bridgehead atoms. The minimum absolute atomic E-state index is 0.0299. The molecular formula is C24H24F5N3O4. The first-order valence-electron chi connectivity index (χ1n) is 10.8. The average molecular weight is 513 g/mol. The monoisotopic (exact) mass is 513 g/mol. The minimum atomic E-state index is -6.06. The molecule has 12 heteroatoms. The molecule has 0 saturated heterocycles. The Bertz CT molecular complexity index is 1180. The number of amides is 1. The van der Waals surface area contributed by atoms with Gasteiger partial charge in [0.15, 0.2) is 11.5 Å². The van der Waals surface area contributed by atoms with E-state index in [1.807, 2.05) is 6.92 Å². The van der Waals surface area contributed by atoms with Crippen molar-refractivity contribution >= 4 is 17.4 Å². The number of alkyl halides is 5. The van der Waals surface area contributed by atoms with E-state index in [1.165, 1.54) is 20.3 Å². The Balaban J connectivity index is 2.00. The van der Waals surface area contributed by atoms with Gasteiger partial charge in [-0.15, -0.1) is 0 Å². The molecule has 0 spiro atoms. The molecule has 2 aromatic rings. The lowest BCUT2D eigenvalue weighted by molar-refractivity contribution is -0.255. The number of nitrogens with two attached hydrogens (primary N) is 1. The van der Waals surface area contributed by atoms with E-state index in [0.717, 1.165) is 23.2 Å². The van der Waals surface area contributed by atoms with E-state index in [1.54, 1.807) is 18.2 Å². The second-order valence-electron chi connectivity index (χ2n) is 8.07. The van der Waals surface area contributed by atoms with Gasteiger partial charge in [-0.3, -0.25) is 9.59 Å². The van der Waals surface area contributed by atoms with Gasteiger partial charge < -0.3 is 15.2 Å². The minimum Gasteiger partial charge on any atom is -0.493 e. The first-order valence-corrected chi connectivity index (χ1v) is 10.8. The van der Waals surface area contributed by atoms with Crippen LogP contribution in [0, 0.1) is 5.92 Å². The van der Waals surface area contributed by atoms with Gasteiger partial charge in [0.05, 0.1) is 19.9 Å². The van der Waals surface area contributed by atoms with Gasteiger partial charge in [0.1, 0.15) is 6.17 Å². The Kier molecular flexibility index (Phi) is 7.68. The fourth-order valence-electron chi connectivity index (χ4n) is 3.81. The molecule has 3 rings (SSSR count). The molecule has 1 heterocycles. The lowest BCUT2D eigenvalue weighted by atomic mass is 9.89. The predicted molar refractivity (Wildman–Crippen MR) is 120 cm³/mol. The molecule has 2 unspecified atom stereocenters. The summed E-state index contributed by atoms with van der Waals surface area (Å²) in [5.41, 5.74) is 6.37. The highest BCUT2D eigenvalue weighted by Crippen LogP contribution is 2.38. The molecule has 1 aliphatic heterocycles. The Labute approximate surface area is 203 Å². The normalized spacial score (nSPS) is 17.5. The quantitative estimate of drug-likeness (QED) is 0.408. The molecule has 7 nitrogen and oxygen atoms in total. The average Bonchev–Trinajstić information content (AvgIpc) is 2.86. The topological polar surface area (TPSA) is 94.2 Å². The molecule has 0 fully saturated rings. The zero-order valence-electron chi connectivity index (χ0n) is 19.6. The van der Waals surface area contributed by atoms with Gasteiger partial charge in [-0.05, 0) is 36.2 Å². The van der Waals surface area contributed by atoms with Crippen LogP contribution < -0.4 is 15.2 Å². The van der Waals surface area contributed by atoms with E-state index in [0.29, 0.717) is 29.2 Å². The van der Waals surface area contributed by atoms with Crippen LogP contribution >= 0.6 is 0 Å². The molecule has 2 aromatic carbocycles. The van der Waals surface area contributed by atoms with Gasteiger partial charge in [0.2, 0.25) is 11.7 Å². The number of benzene rings is 2. The van der Waals surface area contributed by atoms with Crippen LogP contribution in [0.5, 0.6) is 11.5 Å². The third-order valence-corrected chi connectivity index (χ3v) is 5.85. The number of rotatable bonds is 8. The van der Waals surface area contributed by atoms with E-state index < -0.39 is 35.5 Å². The maximum atomic E-state index is 13.6. The first kappa shape index (κ1) is 27.1.